The van der Waals surface area contributed by atoms with Gasteiger partial charge in [0.25, 0.3) is 11.8 Å². The minimum atomic E-state index is -1.44. The average molecular weight is 650 g/mol. The number of nitrogens with one attached hydrogen (secondary N) is 2. The maximum Gasteiger partial charge on any atom is 0.258 e. The van der Waals surface area contributed by atoms with Crippen LogP contribution in [0, 0.1) is 13.8 Å². The molecule has 42 heavy (non-hydrogen) atoms. The first-order valence-electron chi connectivity index (χ1n) is 12.2. The molecule has 3 aromatic carbocycles. The molecule has 2 unspecified atom stereocenters. The third-order valence-electron chi connectivity index (χ3n) is 5.74. The largest absolute Gasteiger partial charge is 0.324 e. The van der Waals surface area contributed by atoms with E-state index in [0.29, 0.717) is 32.5 Å². The fourth-order valence-corrected chi connectivity index (χ4v) is 4.38. The van der Waals surface area contributed by atoms with Crippen molar-refractivity contribution in [2.75, 3.05) is 10.6 Å². The normalized spacial score (nSPS) is 12.8. The van der Waals surface area contributed by atoms with Crippen molar-refractivity contribution in [3.05, 3.63) is 79.7 Å². The minimum Gasteiger partial charge on any atom is -0.324 e. The van der Waals surface area contributed by atoms with Gasteiger partial charge in [-0.2, -0.15) is 20.5 Å². The zero-order valence-electron chi connectivity index (χ0n) is 22.7. The molecule has 0 aliphatic rings. The van der Waals surface area contributed by atoms with E-state index < -0.39 is 35.5 Å². The highest BCUT2D eigenvalue weighted by atomic mass is 35.5. The molecule has 0 spiro atoms. The second-order valence-corrected chi connectivity index (χ2v) is 10.8. The first-order chi connectivity index (χ1) is 19.8. The quantitative estimate of drug-likeness (QED) is 0.168. The van der Waals surface area contributed by atoms with Crippen molar-refractivity contribution in [3.8, 4) is 0 Å². The molecule has 0 bridgehead atoms. The van der Waals surface area contributed by atoms with Gasteiger partial charge in [-0.1, -0.05) is 46.4 Å². The molecule has 218 valence electrons. The maximum absolute atomic E-state index is 12.9. The lowest BCUT2D eigenvalue weighted by atomic mass is 10.1. The Kier molecular flexibility index (Phi) is 11.3. The number of rotatable bonds is 10. The number of aryl methyl sites for hydroxylation is 2. The van der Waals surface area contributed by atoms with Gasteiger partial charge in [-0.25, -0.2) is 0 Å². The molecule has 3 rings (SSSR count). The third kappa shape index (κ3) is 8.65. The van der Waals surface area contributed by atoms with Crippen LogP contribution >= 0.6 is 46.4 Å². The van der Waals surface area contributed by atoms with Crippen LogP contribution in [0.3, 0.4) is 0 Å². The van der Waals surface area contributed by atoms with Crippen LogP contribution in [0.4, 0.5) is 22.7 Å². The van der Waals surface area contributed by atoms with Gasteiger partial charge in [-0.3, -0.25) is 19.2 Å². The lowest BCUT2D eigenvalue weighted by Gasteiger charge is -2.16. The second kappa shape index (κ2) is 14.5. The number of carbonyl (C=O) groups excluding carboxylic acids is 4. The SMILES string of the molecule is CC(=O)C(N=Nc1ccc(Cl)cc1Cl)C(=O)Nc1cc(C)c(NC(=O)C(N=Nc2ccc(Cl)cc2Cl)C(C)=O)cc1C. The number of hydrogen-bond acceptors (Lipinski definition) is 8. The second-order valence-electron chi connectivity index (χ2n) is 9.11. The lowest BCUT2D eigenvalue weighted by Crippen LogP contribution is -2.32. The molecule has 0 radical (unpaired) electrons. The summed E-state index contributed by atoms with van der Waals surface area (Å²) in [6, 6.07) is 9.37. The molecule has 3 aromatic rings. The van der Waals surface area contributed by atoms with E-state index in [1.807, 2.05) is 0 Å². The van der Waals surface area contributed by atoms with E-state index in [0.717, 1.165) is 0 Å². The number of nitrogens with zero attached hydrogens (tertiary/aromatic N) is 4. The van der Waals surface area contributed by atoms with Crippen LogP contribution in [-0.2, 0) is 19.2 Å². The van der Waals surface area contributed by atoms with E-state index in [2.05, 4.69) is 31.1 Å². The van der Waals surface area contributed by atoms with Crippen LogP contribution in [0.1, 0.15) is 25.0 Å². The molecule has 0 saturated heterocycles. The number of amides is 2. The zero-order valence-corrected chi connectivity index (χ0v) is 25.7. The summed E-state index contributed by atoms with van der Waals surface area (Å²) in [6.07, 6.45) is 0. The summed E-state index contributed by atoms with van der Waals surface area (Å²) >= 11 is 23.9. The predicted octanol–water partition coefficient (Wildman–Crippen LogP) is 8.28. The number of anilines is 2. The Hall–Kier alpha value is -3.70. The van der Waals surface area contributed by atoms with Crippen LogP contribution in [-0.4, -0.2) is 35.5 Å². The Labute approximate surface area is 261 Å². The summed E-state index contributed by atoms with van der Waals surface area (Å²) < 4.78 is 0. The van der Waals surface area contributed by atoms with E-state index >= 15 is 0 Å². The molecule has 10 nitrogen and oxygen atoms in total. The fourth-order valence-electron chi connectivity index (χ4n) is 3.49. The van der Waals surface area contributed by atoms with Gasteiger partial charge in [0.05, 0.1) is 10.0 Å². The number of halogens is 4. The van der Waals surface area contributed by atoms with Gasteiger partial charge < -0.3 is 10.6 Å². The molecule has 2 atom stereocenters. The van der Waals surface area contributed by atoms with Gasteiger partial charge in [-0.05, 0) is 87.4 Å². The van der Waals surface area contributed by atoms with Crippen LogP contribution in [0.2, 0.25) is 20.1 Å². The summed E-state index contributed by atoms with van der Waals surface area (Å²) in [7, 11) is 0. The highest BCUT2D eigenvalue weighted by Gasteiger charge is 2.26. The highest BCUT2D eigenvalue weighted by molar-refractivity contribution is 6.36. The average Bonchev–Trinajstić information content (AvgIpc) is 2.89. The van der Waals surface area contributed by atoms with E-state index in [4.69, 9.17) is 46.4 Å². The Morgan fingerprint density at radius 3 is 1.29 bits per heavy atom. The number of benzene rings is 3. The number of Topliss-reactive ketones (excluding diaryl/α,β-unsaturated/α-hetero) is 2. The molecule has 2 amide bonds. The summed E-state index contributed by atoms with van der Waals surface area (Å²) in [5.41, 5.74) is 2.35. The van der Waals surface area contributed by atoms with Crippen molar-refractivity contribution in [3.63, 3.8) is 0 Å². The van der Waals surface area contributed by atoms with Crippen molar-refractivity contribution < 1.29 is 19.2 Å². The number of carbonyl (C=O) groups is 4. The first kappa shape index (κ1) is 32.8. The molecule has 14 heteroatoms. The standard InChI is InChI=1S/C28H24Cl4N6O4/c1-13-9-24(34-28(42)26(16(4)40)38-36-22-8-6-18(30)12-20(22)32)14(2)10-23(13)33-27(41)25(15(3)39)37-35-21-7-5-17(29)11-19(21)31/h5-12,25-26H,1-4H3,(H,33,41)(H,34,42). The Morgan fingerprint density at radius 1 is 0.619 bits per heavy atom. The van der Waals surface area contributed by atoms with E-state index in [1.165, 1.54) is 38.1 Å². The highest BCUT2D eigenvalue weighted by Crippen LogP contribution is 2.30. The van der Waals surface area contributed by atoms with Gasteiger partial charge in [-0.15, -0.1) is 0 Å². The Morgan fingerprint density at radius 2 is 0.976 bits per heavy atom. The minimum absolute atomic E-state index is 0.209. The fraction of sp³-hybridized carbons (Fsp3) is 0.214. The summed E-state index contributed by atoms with van der Waals surface area (Å²) in [5, 5.41) is 22.2. The maximum atomic E-state index is 12.9. The molecular formula is C28H24Cl4N6O4. The molecule has 0 saturated carbocycles. The molecule has 0 heterocycles. The van der Waals surface area contributed by atoms with Gasteiger partial charge in [0, 0.05) is 21.4 Å². The predicted molar refractivity (Wildman–Crippen MR) is 164 cm³/mol. The van der Waals surface area contributed by atoms with Crippen LogP contribution in [0.5, 0.6) is 0 Å². The van der Waals surface area contributed by atoms with Gasteiger partial charge in [0.1, 0.15) is 11.4 Å². The van der Waals surface area contributed by atoms with Crippen LogP contribution in [0.25, 0.3) is 0 Å². The Bertz CT molecular complexity index is 1510. The van der Waals surface area contributed by atoms with E-state index in [9.17, 15) is 19.2 Å². The first-order valence-corrected chi connectivity index (χ1v) is 13.7. The molecular weight excluding hydrogens is 626 g/mol. The van der Waals surface area contributed by atoms with Crippen molar-refractivity contribution in [2.24, 2.45) is 20.5 Å². The molecule has 0 aliphatic carbocycles. The van der Waals surface area contributed by atoms with Gasteiger partial charge in [0.15, 0.2) is 11.6 Å². The van der Waals surface area contributed by atoms with Crippen LogP contribution < -0.4 is 10.6 Å². The van der Waals surface area contributed by atoms with Crippen molar-refractivity contribution in [1.29, 1.82) is 0 Å². The smallest absolute Gasteiger partial charge is 0.258 e. The van der Waals surface area contributed by atoms with Gasteiger partial charge >= 0.3 is 0 Å². The summed E-state index contributed by atoms with van der Waals surface area (Å²) in [4.78, 5) is 50.3. The topological polar surface area (TPSA) is 142 Å². The van der Waals surface area contributed by atoms with E-state index in [1.54, 1.807) is 38.1 Å². The number of hydrogen-bond donors (Lipinski definition) is 2. The van der Waals surface area contributed by atoms with Gasteiger partial charge in [0.2, 0.25) is 12.1 Å². The Balaban J connectivity index is 1.76. The number of ketones is 2. The number of azo groups is 2. The van der Waals surface area contributed by atoms with E-state index in [-0.39, 0.29) is 21.4 Å². The summed E-state index contributed by atoms with van der Waals surface area (Å²) in [5.74, 6) is -2.50. The molecule has 0 aliphatic heterocycles. The molecule has 2 N–H and O–H groups in total. The third-order valence-corrected chi connectivity index (χ3v) is 6.81. The summed E-state index contributed by atoms with van der Waals surface area (Å²) in [6.45, 7) is 5.81. The molecule has 0 aromatic heterocycles. The van der Waals surface area contributed by atoms with Crippen LogP contribution in [0.15, 0.2) is 69.0 Å². The zero-order chi connectivity index (χ0) is 31.1. The van der Waals surface area contributed by atoms with Crippen molar-refractivity contribution >= 4 is 92.5 Å². The van der Waals surface area contributed by atoms with Crippen molar-refractivity contribution in [2.45, 2.75) is 39.8 Å². The molecule has 0 fully saturated rings. The lowest BCUT2D eigenvalue weighted by molar-refractivity contribution is -0.127. The van der Waals surface area contributed by atoms with Crippen molar-refractivity contribution in [1.82, 2.24) is 0 Å². The monoisotopic (exact) mass is 648 g/mol.